The maximum absolute atomic E-state index is 13.6. The van der Waals surface area contributed by atoms with Gasteiger partial charge in [0.1, 0.15) is 17.8 Å². The highest BCUT2D eigenvalue weighted by Gasteiger charge is 2.71. The van der Waals surface area contributed by atoms with Crippen LogP contribution in [0.1, 0.15) is 58.2 Å². The lowest BCUT2D eigenvalue weighted by Gasteiger charge is -2.46. The van der Waals surface area contributed by atoms with E-state index in [0.29, 0.717) is 29.1 Å². The molecular weight excluding hydrogens is 646 g/mol. The van der Waals surface area contributed by atoms with Gasteiger partial charge < -0.3 is 25.0 Å². The van der Waals surface area contributed by atoms with Crippen LogP contribution in [0.5, 0.6) is 5.75 Å². The van der Waals surface area contributed by atoms with E-state index < -0.39 is 65.5 Å². The summed E-state index contributed by atoms with van der Waals surface area (Å²) in [7, 11) is 0. The molecule has 0 spiro atoms. The van der Waals surface area contributed by atoms with E-state index in [4.69, 9.17) is 4.74 Å². The molecule has 2 aliphatic heterocycles. The molecule has 2 aliphatic rings. The van der Waals surface area contributed by atoms with Crippen molar-refractivity contribution in [3.8, 4) is 5.75 Å². The number of piperazine rings is 1. The second-order valence-corrected chi connectivity index (χ2v) is 12.5. The molecule has 2 aromatic rings. The van der Waals surface area contributed by atoms with Crippen LogP contribution in [0.15, 0.2) is 48.5 Å². The SMILES string of the molecule is C/C=C\c1cc(C(O)(C(F)(F)F)C(F)(F)F)ccc1N1CC(C)N(C(=O)CN2C(=O)NC(C)(c3ccc(OC(C)C)cc3)C2=O)CC1C. The number of carbonyl (C=O) groups is 3. The summed E-state index contributed by atoms with van der Waals surface area (Å²) >= 11 is 0. The van der Waals surface area contributed by atoms with Crippen LogP contribution >= 0.6 is 0 Å². The van der Waals surface area contributed by atoms with E-state index in [2.05, 4.69) is 5.32 Å². The van der Waals surface area contributed by atoms with Gasteiger partial charge in [-0.25, -0.2) is 4.79 Å². The highest BCUT2D eigenvalue weighted by molar-refractivity contribution is 6.09. The Morgan fingerprint density at radius 2 is 1.62 bits per heavy atom. The average Bonchev–Trinajstić information content (AvgIpc) is 3.20. The predicted molar refractivity (Wildman–Crippen MR) is 165 cm³/mol. The van der Waals surface area contributed by atoms with Crippen molar-refractivity contribution < 1.29 is 50.6 Å². The van der Waals surface area contributed by atoms with Crippen LogP contribution < -0.4 is 15.0 Å². The molecule has 2 aromatic carbocycles. The number of hydrogen-bond donors (Lipinski definition) is 2. The van der Waals surface area contributed by atoms with Crippen LogP contribution in [-0.4, -0.2) is 82.9 Å². The molecule has 9 nitrogen and oxygen atoms in total. The smallest absolute Gasteiger partial charge is 0.430 e. The molecule has 0 saturated carbocycles. The number of carbonyl (C=O) groups excluding carboxylic acids is 3. The molecular formula is C33H38F6N4O5. The fraction of sp³-hybridized carbons (Fsp3) is 0.485. The van der Waals surface area contributed by atoms with Gasteiger partial charge in [-0.15, -0.1) is 0 Å². The van der Waals surface area contributed by atoms with Crippen molar-refractivity contribution in [2.45, 2.75) is 83.2 Å². The molecule has 4 amide bonds. The van der Waals surface area contributed by atoms with Crippen molar-refractivity contribution in [1.29, 1.82) is 0 Å². The van der Waals surface area contributed by atoms with Gasteiger partial charge in [-0.1, -0.05) is 30.4 Å². The van der Waals surface area contributed by atoms with Crippen molar-refractivity contribution in [3.63, 3.8) is 0 Å². The first-order valence-corrected chi connectivity index (χ1v) is 15.3. The molecule has 4 rings (SSSR count). The Morgan fingerprint density at radius 3 is 2.17 bits per heavy atom. The number of nitrogens with one attached hydrogen (secondary N) is 1. The molecule has 48 heavy (non-hydrogen) atoms. The number of rotatable bonds is 8. The first kappa shape index (κ1) is 36.6. The van der Waals surface area contributed by atoms with Crippen molar-refractivity contribution in [3.05, 3.63) is 65.2 Å². The molecule has 2 heterocycles. The van der Waals surface area contributed by atoms with E-state index in [-0.39, 0.29) is 24.8 Å². The zero-order valence-electron chi connectivity index (χ0n) is 27.2. The molecule has 2 fully saturated rings. The average molecular weight is 685 g/mol. The monoisotopic (exact) mass is 684 g/mol. The third-order valence-electron chi connectivity index (χ3n) is 8.60. The minimum absolute atomic E-state index is 0.00294. The second kappa shape index (κ2) is 13.0. The Balaban J connectivity index is 1.52. The van der Waals surface area contributed by atoms with E-state index >= 15 is 0 Å². The molecule has 15 heteroatoms. The van der Waals surface area contributed by atoms with E-state index in [1.165, 1.54) is 30.9 Å². The molecule has 2 N–H and O–H groups in total. The molecule has 262 valence electrons. The number of imide groups is 1. The topological polar surface area (TPSA) is 102 Å². The fourth-order valence-corrected chi connectivity index (χ4v) is 6.05. The lowest BCUT2D eigenvalue weighted by molar-refractivity contribution is -0.376. The molecule has 0 bridgehead atoms. The molecule has 0 aliphatic carbocycles. The summed E-state index contributed by atoms with van der Waals surface area (Å²) < 4.78 is 87.1. The van der Waals surface area contributed by atoms with E-state index in [1.54, 1.807) is 43.0 Å². The Morgan fingerprint density at radius 1 is 1.02 bits per heavy atom. The van der Waals surface area contributed by atoms with Crippen LogP contribution in [0.25, 0.3) is 6.08 Å². The van der Waals surface area contributed by atoms with Crippen LogP contribution in [0.2, 0.25) is 0 Å². The maximum Gasteiger partial charge on any atom is 0.430 e. The summed E-state index contributed by atoms with van der Waals surface area (Å²) in [6.45, 7) is 9.89. The summed E-state index contributed by atoms with van der Waals surface area (Å²) in [4.78, 5) is 44.0. The number of amides is 4. The van der Waals surface area contributed by atoms with Crippen LogP contribution in [-0.2, 0) is 20.7 Å². The first-order chi connectivity index (χ1) is 22.1. The van der Waals surface area contributed by atoms with Gasteiger partial charge in [0.05, 0.1) is 6.10 Å². The summed E-state index contributed by atoms with van der Waals surface area (Å²) in [6, 6.07) is 7.25. The zero-order chi connectivity index (χ0) is 36.0. The van der Waals surface area contributed by atoms with Crippen LogP contribution in [0.4, 0.5) is 36.8 Å². The van der Waals surface area contributed by atoms with Crippen molar-refractivity contribution in [1.82, 2.24) is 15.1 Å². The van der Waals surface area contributed by atoms with E-state index in [0.717, 1.165) is 11.0 Å². The largest absolute Gasteiger partial charge is 0.491 e. The number of nitrogens with zero attached hydrogens (tertiary/aromatic N) is 3. The number of hydrogen-bond acceptors (Lipinski definition) is 6. The predicted octanol–water partition coefficient (Wildman–Crippen LogP) is 5.71. The second-order valence-electron chi connectivity index (χ2n) is 12.5. The van der Waals surface area contributed by atoms with Gasteiger partial charge in [-0.3, -0.25) is 14.5 Å². The van der Waals surface area contributed by atoms with E-state index in [1.807, 2.05) is 13.8 Å². The number of aliphatic hydroxyl groups is 1. The van der Waals surface area contributed by atoms with Crippen LogP contribution in [0.3, 0.4) is 0 Å². The molecule has 0 aromatic heterocycles. The number of allylic oxidation sites excluding steroid dienone is 1. The number of alkyl halides is 6. The van der Waals surface area contributed by atoms with Gasteiger partial charge in [-0.2, -0.15) is 26.3 Å². The number of anilines is 1. The van der Waals surface area contributed by atoms with Gasteiger partial charge in [-0.05, 0) is 76.9 Å². The highest BCUT2D eigenvalue weighted by atomic mass is 19.4. The Hall–Kier alpha value is -4.27. The minimum atomic E-state index is -6.04. The third kappa shape index (κ3) is 6.56. The fourth-order valence-electron chi connectivity index (χ4n) is 6.05. The Kier molecular flexibility index (Phi) is 9.88. The third-order valence-corrected chi connectivity index (χ3v) is 8.60. The summed E-state index contributed by atoms with van der Waals surface area (Å²) in [6.07, 6.45) is -9.36. The van der Waals surface area contributed by atoms with Gasteiger partial charge in [0, 0.05) is 36.4 Å². The zero-order valence-corrected chi connectivity index (χ0v) is 27.2. The van der Waals surface area contributed by atoms with E-state index in [9.17, 15) is 45.8 Å². The van der Waals surface area contributed by atoms with Crippen molar-refractivity contribution in [2.75, 3.05) is 24.5 Å². The molecule has 0 radical (unpaired) electrons. The Bertz CT molecular complexity index is 1560. The molecule has 3 atom stereocenters. The minimum Gasteiger partial charge on any atom is -0.491 e. The highest BCUT2D eigenvalue weighted by Crippen LogP contribution is 2.50. The number of halogens is 6. The van der Waals surface area contributed by atoms with Crippen molar-refractivity contribution in [2.24, 2.45) is 0 Å². The van der Waals surface area contributed by atoms with Gasteiger partial charge in [0.2, 0.25) is 5.91 Å². The standard InChI is InChI=1S/C33H38F6N4O5/c1-7-8-22-15-24(31(47,32(34,35)36)33(37,38)39)11-14-26(22)41-16-21(5)42(17-20(41)4)27(44)18-43-28(45)30(6,40-29(43)46)23-9-12-25(13-10-23)48-19(2)3/h7-15,19-21,47H,16-18H2,1-6H3,(H,40,46)/b8-7-. The lowest BCUT2D eigenvalue weighted by atomic mass is 9.89. The number of ether oxygens (including phenoxy) is 1. The van der Waals surface area contributed by atoms with Gasteiger partial charge in [0.25, 0.3) is 11.5 Å². The lowest BCUT2D eigenvalue weighted by Crippen LogP contribution is -2.60. The normalized spacial score (nSPS) is 22.6. The van der Waals surface area contributed by atoms with Gasteiger partial charge in [0.15, 0.2) is 0 Å². The summed E-state index contributed by atoms with van der Waals surface area (Å²) in [5.74, 6) is -0.556. The van der Waals surface area contributed by atoms with Crippen molar-refractivity contribution >= 4 is 29.6 Å². The summed E-state index contributed by atoms with van der Waals surface area (Å²) in [5, 5.41) is 12.6. The molecule has 2 saturated heterocycles. The maximum atomic E-state index is 13.6. The Labute approximate surface area is 274 Å². The number of benzene rings is 2. The van der Waals surface area contributed by atoms with Crippen LogP contribution in [0, 0.1) is 0 Å². The first-order valence-electron chi connectivity index (χ1n) is 15.3. The van der Waals surface area contributed by atoms with Gasteiger partial charge >= 0.3 is 18.4 Å². The molecule has 3 unspecified atom stereocenters. The summed E-state index contributed by atoms with van der Waals surface area (Å²) in [5.41, 5.74) is -7.10. The number of urea groups is 1. The quantitative estimate of drug-likeness (QED) is 0.273.